The number of thiazole rings is 1. The molecule has 0 bridgehead atoms. The highest BCUT2D eigenvalue weighted by atomic mass is 79.9. The first kappa shape index (κ1) is 16.3. The molecule has 0 fully saturated rings. The molecule has 1 heterocycles. The van der Waals surface area contributed by atoms with Crippen LogP contribution in [0.3, 0.4) is 0 Å². The molecule has 4 nitrogen and oxygen atoms in total. The standard InChI is InChI=1S/C15H19BrN2O2S/c1-3-17-9-11-7-12(16)15(13(8-11)19-4-2)20-10-14-18-5-6-21-14/h5-8,17H,3-4,9-10H2,1-2H3. The summed E-state index contributed by atoms with van der Waals surface area (Å²) in [5, 5.41) is 6.20. The fraction of sp³-hybridized carbons (Fsp3) is 0.400. The van der Waals surface area contributed by atoms with Gasteiger partial charge in [0.2, 0.25) is 0 Å². The number of hydrogen-bond acceptors (Lipinski definition) is 5. The topological polar surface area (TPSA) is 43.4 Å². The van der Waals surface area contributed by atoms with E-state index in [2.05, 4.69) is 39.2 Å². The maximum absolute atomic E-state index is 5.88. The molecule has 0 unspecified atom stereocenters. The van der Waals surface area contributed by atoms with Gasteiger partial charge in [0.25, 0.3) is 0 Å². The van der Waals surface area contributed by atoms with Gasteiger partial charge in [0.1, 0.15) is 11.6 Å². The van der Waals surface area contributed by atoms with Crippen LogP contribution in [0.25, 0.3) is 0 Å². The quantitative estimate of drug-likeness (QED) is 0.762. The summed E-state index contributed by atoms with van der Waals surface area (Å²) in [5.74, 6) is 1.49. The number of ether oxygens (including phenoxy) is 2. The van der Waals surface area contributed by atoms with Gasteiger partial charge < -0.3 is 14.8 Å². The van der Waals surface area contributed by atoms with E-state index < -0.39 is 0 Å². The van der Waals surface area contributed by atoms with Gasteiger partial charge in [0.05, 0.1) is 11.1 Å². The minimum absolute atomic E-state index is 0.447. The van der Waals surface area contributed by atoms with Gasteiger partial charge in [0, 0.05) is 18.1 Å². The molecule has 21 heavy (non-hydrogen) atoms. The number of benzene rings is 1. The van der Waals surface area contributed by atoms with Crippen LogP contribution in [0.5, 0.6) is 11.5 Å². The summed E-state index contributed by atoms with van der Waals surface area (Å²) in [6.07, 6.45) is 1.78. The third-order valence-corrected chi connectivity index (χ3v) is 4.11. The molecule has 0 amide bonds. The third-order valence-electron chi connectivity index (χ3n) is 2.77. The summed E-state index contributed by atoms with van der Waals surface area (Å²) in [4.78, 5) is 4.22. The highest BCUT2D eigenvalue weighted by Gasteiger charge is 2.13. The number of aromatic nitrogens is 1. The summed E-state index contributed by atoms with van der Waals surface area (Å²) in [7, 11) is 0. The molecule has 1 aromatic heterocycles. The average Bonchev–Trinajstić information content (AvgIpc) is 2.98. The van der Waals surface area contributed by atoms with E-state index in [1.54, 1.807) is 17.5 Å². The van der Waals surface area contributed by atoms with Crippen molar-refractivity contribution in [2.24, 2.45) is 0 Å². The summed E-state index contributed by atoms with van der Waals surface area (Å²) in [6, 6.07) is 4.08. The Labute approximate surface area is 137 Å². The maximum Gasteiger partial charge on any atom is 0.175 e. The van der Waals surface area contributed by atoms with Gasteiger partial charge in [-0.3, -0.25) is 0 Å². The molecule has 0 aliphatic carbocycles. The number of halogens is 1. The van der Waals surface area contributed by atoms with Crippen molar-refractivity contribution in [2.45, 2.75) is 27.0 Å². The second kappa shape index (κ2) is 8.36. The smallest absolute Gasteiger partial charge is 0.175 e. The van der Waals surface area contributed by atoms with Crippen molar-refractivity contribution in [3.05, 3.63) is 38.8 Å². The number of nitrogens with one attached hydrogen (secondary N) is 1. The van der Waals surface area contributed by atoms with Crippen LogP contribution in [0.2, 0.25) is 0 Å². The number of nitrogens with zero attached hydrogens (tertiary/aromatic N) is 1. The highest BCUT2D eigenvalue weighted by Crippen LogP contribution is 2.37. The number of hydrogen-bond donors (Lipinski definition) is 1. The van der Waals surface area contributed by atoms with Crippen molar-refractivity contribution in [3.63, 3.8) is 0 Å². The van der Waals surface area contributed by atoms with Crippen LogP contribution in [-0.2, 0) is 13.2 Å². The van der Waals surface area contributed by atoms with Crippen LogP contribution < -0.4 is 14.8 Å². The minimum atomic E-state index is 0.447. The Hall–Kier alpha value is -1.11. The fourth-order valence-electron chi connectivity index (χ4n) is 1.85. The van der Waals surface area contributed by atoms with E-state index in [0.717, 1.165) is 39.6 Å². The largest absolute Gasteiger partial charge is 0.490 e. The van der Waals surface area contributed by atoms with Crippen molar-refractivity contribution in [1.29, 1.82) is 0 Å². The molecule has 0 aliphatic rings. The van der Waals surface area contributed by atoms with E-state index in [4.69, 9.17) is 9.47 Å². The SMILES string of the molecule is CCNCc1cc(Br)c(OCc2nccs2)c(OCC)c1. The van der Waals surface area contributed by atoms with E-state index >= 15 is 0 Å². The van der Waals surface area contributed by atoms with Crippen molar-refractivity contribution in [1.82, 2.24) is 10.3 Å². The maximum atomic E-state index is 5.88. The van der Waals surface area contributed by atoms with Crippen LogP contribution in [0.15, 0.2) is 28.2 Å². The first-order chi connectivity index (χ1) is 10.2. The van der Waals surface area contributed by atoms with Crippen LogP contribution in [0.4, 0.5) is 0 Å². The Morgan fingerprint density at radius 3 is 2.81 bits per heavy atom. The van der Waals surface area contributed by atoms with Crippen LogP contribution in [-0.4, -0.2) is 18.1 Å². The average molecular weight is 371 g/mol. The van der Waals surface area contributed by atoms with Crippen molar-refractivity contribution in [3.8, 4) is 11.5 Å². The predicted molar refractivity (Wildman–Crippen MR) is 89.1 cm³/mol. The molecule has 2 aromatic rings. The molecule has 0 saturated carbocycles. The lowest BCUT2D eigenvalue weighted by atomic mass is 10.2. The molecule has 1 N–H and O–H groups in total. The van der Waals surface area contributed by atoms with E-state index in [9.17, 15) is 0 Å². The Bertz CT molecular complexity index is 561. The Morgan fingerprint density at radius 2 is 2.14 bits per heavy atom. The normalized spacial score (nSPS) is 10.6. The second-order valence-electron chi connectivity index (χ2n) is 4.33. The van der Waals surface area contributed by atoms with Gasteiger partial charge in [-0.1, -0.05) is 6.92 Å². The zero-order chi connectivity index (χ0) is 15.1. The fourth-order valence-corrected chi connectivity index (χ4v) is 2.99. The Kier molecular flexibility index (Phi) is 6.48. The van der Waals surface area contributed by atoms with Crippen molar-refractivity contribution < 1.29 is 9.47 Å². The molecular weight excluding hydrogens is 352 g/mol. The van der Waals surface area contributed by atoms with Crippen LogP contribution in [0.1, 0.15) is 24.4 Å². The molecular formula is C15H19BrN2O2S. The molecule has 0 atom stereocenters. The van der Waals surface area contributed by atoms with Gasteiger partial charge in [0.15, 0.2) is 11.5 Å². The zero-order valence-corrected chi connectivity index (χ0v) is 14.6. The van der Waals surface area contributed by atoms with E-state index in [1.807, 2.05) is 18.4 Å². The predicted octanol–water partition coefficient (Wildman–Crippen LogP) is 3.99. The molecule has 0 radical (unpaired) electrons. The summed E-state index contributed by atoms with van der Waals surface area (Å²) in [5.41, 5.74) is 1.16. The van der Waals surface area contributed by atoms with Crippen molar-refractivity contribution >= 4 is 27.3 Å². The summed E-state index contributed by atoms with van der Waals surface area (Å²) >= 11 is 5.15. The Morgan fingerprint density at radius 1 is 1.29 bits per heavy atom. The monoisotopic (exact) mass is 370 g/mol. The van der Waals surface area contributed by atoms with Crippen LogP contribution >= 0.6 is 27.3 Å². The lowest BCUT2D eigenvalue weighted by Gasteiger charge is -2.15. The van der Waals surface area contributed by atoms with E-state index in [1.165, 1.54) is 0 Å². The lowest BCUT2D eigenvalue weighted by Crippen LogP contribution is -2.12. The second-order valence-corrected chi connectivity index (χ2v) is 6.17. The first-order valence-corrected chi connectivity index (χ1v) is 8.59. The van der Waals surface area contributed by atoms with E-state index in [0.29, 0.717) is 13.2 Å². The Balaban J connectivity index is 2.17. The van der Waals surface area contributed by atoms with Gasteiger partial charge in [-0.2, -0.15) is 0 Å². The minimum Gasteiger partial charge on any atom is -0.490 e. The lowest BCUT2D eigenvalue weighted by molar-refractivity contribution is 0.267. The molecule has 0 saturated heterocycles. The van der Waals surface area contributed by atoms with Gasteiger partial charge in [-0.05, 0) is 47.1 Å². The van der Waals surface area contributed by atoms with E-state index in [-0.39, 0.29) is 0 Å². The van der Waals surface area contributed by atoms with Gasteiger partial charge >= 0.3 is 0 Å². The molecule has 114 valence electrons. The molecule has 2 rings (SSSR count). The zero-order valence-electron chi connectivity index (χ0n) is 12.2. The number of rotatable bonds is 8. The summed E-state index contributed by atoms with van der Waals surface area (Å²) in [6.45, 7) is 6.85. The third kappa shape index (κ3) is 4.69. The summed E-state index contributed by atoms with van der Waals surface area (Å²) < 4.78 is 12.5. The molecule has 0 aliphatic heterocycles. The molecule has 0 spiro atoms. The van der Waals surface area contributed by atoms with Crippen LogP contribution in [0, 0.1) is 0 Å². The highest BCUT2D eigenvalue weighted by molar-refractivity contribution is 9.10. The molecule has 6 heteroatoms. The molecule has 1 aromatic carbocycles. The van der Waals surface area contributed by atoms with Gasteiger partial charge in [-0.15, -0.1) is 11.3 Å². The van der Waals surface area contributed by atoms with Crippen molar-refractivity contribution in [2.75, 3.05) is 13.2 Å². The first-order valence-electron chi connectivity index (χ1n) is 6.91. The van der Waals surface area contributed by atoms with Gasteiger partial charge in [-0.25, -0.2) is 4.98 Å².